The summed E-state index contributed by atoms with van der Waals surface area (Å²) in [5, 5.41) is 2.67. The number of fused-ring (bicyclic) bond motifs is 3. The molecule has 0 saturated carbocycles. The minimum atomic E-state index is -0.650. The molecule has 1 heterocycles. The predicted molar refractivity (Wildman–Crippen MR) is 66.7 cm³/mol. The van der Waals surface area contributed by atoms with Crippen LogP contribution in [0.15, 0.2) is 40.8 Å². The number of amides is 1. The van der Waals surface area contributed by atoms with Crippen LogP contribution >= 0.6 is 0 Å². The van der Waals surface area contributed by atoms with Gasteiger partial charge in [0.2, 0.25) is 5.76 Å². The number of rotatable bonds is 1. The molecule has 3 rings (SSSR count). The van der Waals surface area contributed by atoms with Gasteiger partial charge in [0.15, 0.2) is 0 Å². The highest BCUT2D eigenvalue weighted by molar-refractivity contribution is 6.13. The molecule has 0 aliphatic carbocycles. The number of hydrogen-bond donors (Lipinski definition) is 2. The lowest BCUT2D eigenvalue weighted by Gasteiger charge is -1.97. The highest BCUT2D eigenvalue weighted by Crippen LogP contribution is 2.33. The van der Waals surface area contributed by atoms with Crippen molar-refractivity contribution in [2.75, 3.05) is 5.73 Å². The van der Waals surface area contributed by atoms with Crippen LogP contribution in [0.3, 0.4) is 0 Å². The molecule has 0 saturated heterocycles. The second-order valence-electron chi connectivity index (χ2n) is 3.87. The number of primary amides is 1. The summed E-state index contributed by atoms with van der Waals surface area (Å²) >= 11 is 0. The second kappa shape index (κ2) is 3.25. The van der Waals surface area contributed by atoms with Crippen molar-refractivity contribution in [3.63, 3.8) is 0 Å². The van der Waals surface area contributed by atoms with Crippen molar-refractivity contribution in [2.45, 2.75) is 0 Å². The summed E-state index contributed by atoms with van der Waals surface area (Å²) in [6.45, 7) is 0. The Morgan fingerprint density at radius 2 is 1.82 bits per heavy atom. The molecule has 17 heavy (non-hydrogen) atoms. The van der Waals surface area contributed by atoms with E-state index in [1.807, 2.05) is 36.4 Å². The van der Waals surface area contributed by atoms with Gasteiger partial charge in [-0.3, -0.25) is 4.79 Å². The second-order valence-corrected chi connectivity index (χ2v) is 3.87. The minimum absolute atomic E-state index is 0.0244. The molecular formula is C13H10N2O2. The van der Waals surface area contributed by atoms with Gasteiger partial charge in [0, 0.05) is 10.8 Å². The quantitative estimate of drug-likeness (QED) is 0.667. The van der Waals surface area contributed by atoms with E-state index >= 15 is 0 Å². The third kappa shape index (κ3) is 1.27. The number of carbonyl (C=O) groups is 1. The van der Waals surface area contributed by atoms with E-state index in [1.54, 1.807) is 0 Å². The van der Waals surface area contributed by atoms with E-state index in [4.69, 9.17) is 15.9 Å². The zero-order chi connectivity index (χ0) is 12.0. The number of benzene rings is 2. The topological polar surface area (TPSA) is 82.2 Å². The van der Waals surface area contributed by atoms with Crippen molar-refractivity contribution in [3.05, 3.63) is 42.2 Å². The molecule has 84 valence electrons. The molecule has 0 atom stereocenters. The number of carbonyl (C=O) groups excluding carboxylic acids is 1. The Labute approximate surface area is 96.8 Å². The molecule has 4 N–H and O–H groups in total. The first kappa shape index (κ1) is 9.72. The number of nitrogens with two attached hydrogens (primary N) is 2. The van der Waals surface area contributed by atoms with Gasteiger partial charge in [-0.05, 0) is 11.5 Å². The van der Waals surface area contributed by atoms with Crippen LogP contribution in [0.1, 0.15) is 10.6 Å². The van der Waals surface area contributed by atoms with Crippen molar-refractivity contribution in [1.29, 1.82) is 0 Å². The molecule has 0 fully saturated rings. The van der Waals surface area contributed by atoms with E-state index in [1.165, 1.54) is 0 Å². The first-order valence-corrected chi connectivity index (χ1v) is 5.18. The zero-order valence-corrected chi connectivity index (χ0v) is 8.94. The van der Waals surface area contributed by atoms with Crippen molar-refractivity contribution in [1.82, 2.24) is 0 Å². The van der Waals surface area contributed by atoms with E-state index in [0.717, 1.165) is 16.2 Å². The van der Waals surface area contributed by atoms with Gasteiger partial charge >= 0.3 is 0 Å². The number of furan rings is 1. The summed E-state index contributed by atoms with van der Waals surface area (Å²) in [5.74, 6) is -0.626. The Hall–Kier alpha value is -2.49. The van der Waals surface area contributed by atoms with Gasteiger partial charge in [0.1, 0.15) is 5.58 Å². The lowest BCUT2D eigenvalue weighted by Crippen LogP contribution is -2.11. The summed E-state index contributed by atoms with van der Waals surface area (Å²) in [6.07, 6.45) is 0. The fourth-order valence-corrected chi connectivity index (χ4v) is 2.03. The lowest BCUT2D eigenvalue weighted by molar-refractivity contribution is 0.0977. The van der Waals surface area contributed by atoms with Crippen molar-refractivity contribution < 1.29 is 9.21 Å². The average molecular weight is 226 g/mol. The summed E-state index contributed by atoms with van der Waals surface area (Å²) in [4.78, 5) is 11.2. The smallest absolute Gasteiger partial charge is 0.286 e. The van der Waals surface area contributed by atoms with Crippen molar-refractivity contribution >= 4 is 33.3 Å². The van der Waals surface area contributed by atoms with Gasteiger partial charge in [0.25, 0.3) is 5.91 Å². The Morgan fingerprint density at radius 3 is 2.59 bits per heavy atom. The average Bonchev–Trinajstić information content (AvgIpc) is 2.67. The highest BCUT2D eigenvalue weighted by atomic mass is 16.3. The maximum atomic E-state index is 11.2. The first-order valence-electron chi connectivity index (χ1n) is 5.18. The van der Waals surface area contributed by atoms with Gasteiger partial charge < -0.3 is 15.9 Å². The largest absolute Gasteiger partial charge is 0.448 e. The summed E-state index contributed by atoms with van der Waals surface area (Å²) in [7, 11) is 0. The van der Waals surface area contributed by atoms with Crippen molar-refractivity contribution in [2.24, 2.45) is 5.73 Å². The standard InChI is InChI=1S/C13H10N2O2/c14-10-9-6-5-7-3-1-2-4-8(7)11(9)17-12(10)13(15)16/h1-6H,14H2,(H2,15,16). The minimum Gasteiger partial charge on any atom is -0.448 e. The number of nitrogen functional groups attached to an aromatic ring is 1. The van der Waals surface area contributed by atoms with Gasteiger partial charge in [0.05, 0.1) is 5.69 Å². The molecule has 2 aromatic carbocycles. The molecule has 4 nitrogen and oxygen atoms in total. The number of anilines is 1. The molecule has 0 spiro atoms. The molecule has 4 heteroatoms. The molecule has 1 aromatic heterocycles. The van der Waals surface area contributed by atoms with E-state index in [9.17, 15) is 4.79 Å². The van der Waals surface area contributed by atoms with Crippen LogP contribution in [-0.2, 0) is 0 Å². The summed E-state index contributed by atoms with van der Waals surface area (Å²) in [5.41, 5.74) is 12.0. The van der Waals surface area contributed by atoms with E-state index < -0.39 is 5.91 Å². The van der Waals surface area contributed by atoms with Crippen LogP contribution in [0.2, 0.25) is 0 Å². The Kier molecular flexibility index (Phi) is 1.86. The Morgan fingerprint density at radius 1 is 1.06 bits per heavy atom. The molecule has 3 aromatic rings. The molecule has 1 amide bonds. The fraction of sp³-hybridized carbons (Fsp3) is 0. The Balaban J connectivity index is 2.51. The summed E-state index contributed by atoms with van der Waals surface area (Å²) < 4.78 is 5.47. The maximum absolute atomic E-state index is 11.2. The first-order chi connectivity index (χ1) is 8.18. The molecule has 0 bridgehead atoms. The zero-order valence-electron chi connectivity index (χ0n) is 8.94. The summed E-state index contributed by atoms with van der Waals surface area (Å²) in [6, 6.07) is 11.5. The van der Waals surface area contributed by atoms with Gasteiger partial charge in [-0.1, -0.05) is 30.3 Å². The SMILES string of the molecule is NC(=O)c1oc2c(ccc3ccccc32)c1N. The molecule has 0 unspecified atom stereocenters. The molecular weight excluding hydrogens is 216 g/mol. The Bertz CT molecular complexity index is 744. The molecule has 0 aliphatic heterocycles. The van der Waals surface area contributed by atoms with E-state index in [-0.39, 0.29) is 5.76 Å². The predicted octanol–water partition coefficient (Wildman–Crippen LogP) is 2.27. The van der Waals surface area contributed by atoms with Crippen LogP contribution in [0.25, 0.3) is 21.7 Å². The molecule has 0 radical (unpaired) electrons. The van der Waals surface area contributed by atoms with Crippen molar-refractivity contribution in [3.8, 4) is 0 Å². The van der Waals surface area contributed by atoms with Crippen LogP contribution < -0.4 is 11.5 Å². The van der Waals surface area contributed by atoms with E-state index in [2.05, 4.69) is 0 Å². The lowest BCUT2D eigenvalue weighted by atomic mass is 10.1. The van der Waals surface area contributed by atoms with Crippen LogP contribution in [0, 0.1) is 0 Å². The van der Waals surface area contributed by atoms with Crippen LogP contribution in [0.5, 0.6) is 0 Å². The van der Waals surface area contributed by atoms with E-state index in [0.29, 0.717) is 11.3 Å². The fourth-order valence-electron chi connectivity index (χ4n) is 2.03. The maximum Gasteiger partial charge on any atom is 0.286 e. The van der Waals surface area contributed by atoms with Crippen LogP contribution in [0.4, 0.5) is 5.69 Å². The highest BCUT2D eigenvalue weighted by Gasteiger charge is 2.17. The molecule has 0 aliphatic rings. The monoisotopic (exact) mass is 226 g/mol. The number of hydrogen-bond acceptors (Lipinski definition) is 3. The normalized spacial score (nSPS) is 11.1. The third-order valence-electron chi connectivity index (χ3n) is 2.84. The van der Waals surface area contributed by atoms with Gasteiger partial charge in [-0.2, -0.15) is 0 Å². The third-order valence-corrected chi connectivity index (χ3v) is 2.84. The van der Waals surface area contributed by atoms with Gasteiger partial charge in [-0.25, -0.2) is 0 Å². The van der Waals surface area contributed by atoms with Gasteiger partial charge in [-0.15, -0.1) is 0 Å². The van der Waals surface area contributed by atoms with Crippen LogP contribution in [-0.4, -0.2) is 5.91 Å².